The van der Waals surface area contributed by atoms with Crippen LogP contribution in [0.3, 0.4) is 0 Å². The summed E-state index contributed by atoms with van der Waals surface area (Å²) in [7, 11) is 1.74. The van der Waals surface area contributed by atoms with Gasteiger partial charge >= 0.3 is 0 Å². The van der Waals surface area contributed by atoms with Gasteiger partial charge in [0, 0.05) is 25.8 Å². The summed E-state index contributed by atoms with van der Waals surface area (Å²) in [4.78, 5) is 4.29. The molecule has 0 amide bonds. The fraction of sp³-hybridized carbons (Fsp3) is 0.786. The average molecular weight is 267 g/mol. The van der Waals surface area contributed by atoms with Gasteiger partial charge in [0.1, 0.15) is 0 Å². The highest BCUT2D eigenvalue weighted by Gasteiger charge is 2.27. The van der Waals surface area contributed by atoms with Gasteiger partial charge in [-0.2, -0.15) is 0 Å². The second kappa shape index (κ2) is 7.03. The Hall–Kier alpha value is -0.910. The van der Waals surface area contributed by atoms with Gasteiger partial charge < -0.3 is 19.8 Å². The summed E-state index contributed by atoms with van der Waals surface area (Å²) in [6, 6.07) is 0.321. The Bertz CT molecular complexity index is 352. The van der Waals surface area contributed by atoms with Crippen LogP contribution in [0.4, 0.5) is 0 Å². The van der Waals surface area contributed by atoms with Gasteiger partial charge in [-0.25, -0.2) is 4.98 Å². The molecular formula is C14H25N3O2. The summed E-state index contributed by atoms with van der Waals surface area (Å²) in [6.45, 7) is 4.47. The van der Waals surface area contributed by atoms with E-state index in [-0.39, 0.29) is 6.04 Å². The fourth-order valence-corrected chi connectivity index (χ4v) is 2.78. The molecule has 1 aromatic rings. The number of nitrogens with zero attached hydrogens (tertiary/aromatic N) is 2. The Morgan fingerprint density at radius 3 is 3.11 bits per heavy atom. The standard InChI is InChI=1S/C14H25N3O2/c1-3-4-12(9-18-2)17-10-16-7-13(17)14(15)11-5-6-19-8-11/h7,10-12,14H,3-6,8-9,15H2,1-2H3. The zero-order chi connectivity index (χ0) is 13.7. The van der Waals surface area contributed by atoms with Crippen molar-refractivity contribution in [3.63, 3.8) is 0 Å². The molecule has 1 aliphatic heterocycles. The molecule has 2 heterocycles. The molecule has 0 aromatic carbocycles. The molecule has 0 bridgehead atoms. The summed E-state index contributed by atoms with van der Waals surface area (Å²) < 4.78 is 13.0. The number of aromatic nitrogens is 2. The van der Waals surface area contributed by atoms with Crippen molar-refractivity contribution in [3.05, 3.63) is 18.2 Å². The topological polar surface area (TPSA) is 62.3 Å². The maximum atomic E-state index is 6.39. The first-order valence-corrected chi connectivity index (χ1v) is 7.11. The number of rotatable bonds is 7. The van der Waals surface area contributed by atoms with Crippen molar-refractivity contribution in [3.8, 4) is 0 Å². The monoisotopic (exact) mass is 267 g/mol. The lowest BCUT2D eigenvalue weighted by atomic mass is 9.97. The minimum absolute atomic E-state index is 0.00112. The van der Waals surface area contributed by atoms with E-state index in [4.69, 9.17) is 15.2 Å². The highest BCUT2D eigenvalue weighted by Crippen LogP contribution is 2.29. The molecule has 5 heteroatoms. The van der Waals surface area contributed by atoms with Crippen molar-refractivity contribution in [2.75, 3.05) is 26.9 Å². The van der Waals surface area contributed by atoms with Crippen LogP contribution in [0.15, 0.2) is 12.5 Å². The number of methoxy groups -OCH3 is 1. The molecule has 0 aliphatic carbocycles. The van der Waals surface area contributed by atoms with Gasteiger partial charge in [-0.3, -0.25) is 0 Å². The van der Waals surface area contributed by atoms with Crippen LogP contribution in [0.25, 0.3) is 0 Å². The molecule has 108 valence electrons. The van der Waals surface area contributed by atoms with E-state index in [0.29, 0.717) is 18.6 Å². The molecule has 1 aromatic heterocycles. The molecular weight excluding hydrogens is 242 g/mol. The Morgan fingerprint density at radius 1 is 1.63 bits per heavy atom. The summed E-state index contributed by atoms with van der Waals surface area (Å²) in [5.41, 5.74) is 7.50. The van der Waals surface area contributed by atoms with Gasteiger partial charge in [0.15, 0.2) is 0 Å². The van der Waals surface area contributed by atoms with Crippen molar-refractivity contribution in [1.29, 1.82) is 0 Å². The van der Waals surface area contributed by atoms with E-state index >= 15 is 0 Å². The Kier molecular flexibility index (Phi) is 5.36. The van der Waals surface area contributed by atoms with Gasteiger partial charge in [-0.1, -0.05) is 13.3 Å². The van der Waals surface area contributed by atoms with Crippen LogP contribution < -0.4 is 5.73 Å². The SMILES string of the molecule is CCCC(COC)n1cncc1C(N)C1CCOC1. The second-order valence-corrected chi connectivity index (χ2v) is 5.27. The summed E-state index contributed by atoms with van der Waals surface area (Å²) >= 11 is 0. The minimum atomic E-state index is 0.00112. The van der Waals surface area contributed by atoms with E-state index in [9.17, 15) is 0 Å². The number of nitrogens with two attached hydrogens (primary N) is 1. The highest BCUT2D eigenvalue weighted by molar-refractivity contribution is 5.08. The Labute approximate surface area is 115 Å². The van der Waals surface area contributed by atoms with E-state index < -0.39 is 0 Å². The van der Waals surface area contributed by atoms with Gasteiger partial charge in [0.25, 0.3) is 0 Å². The third-order valence-corrected chi connectivity index (χ3v) is 3.88. The van der Waals surface area contributed by atoms with Gasteiger partial charge in [0.05, 0.1) is 37.3 Å². The molecule has 0 saturated carbocycles. The Morgan fingerprint density at radius 2 is 2.47 bits per heavy atom. The van der Waals surface area contributed by atoms with Gasteiger partial charge in [-0.05, 0) is 12.8 Å². The van der Waals surface area contributed by atoms with E-state index in [0.717, 1.165) is 38.2 Å². The molecule has 1 fully saturated rings. The normalized spacial score (nSPS) is 22.6. The van der Waals surface area contributed by atoms with E-state index in [1.54, 1.807) is 7.11 Å². The predicted molar refractivity (Wildman–Crippen MR) is 73.9 cm³/mol. The van der Waals surface area contributed by atoms with Crippen molar-refractivity contribution in [2.45, 2.75) is 38.3 Å². The molecule has 19 heavy (non-hydrogen) atoms. The van der Waals surface area contributed by atoms with Crippen LogP contribution in [0.5, 0.6) is 0 Å². The van der Waals surface area contributed by atoms with Crippen LogP contribution in [-0.4, -0.2) is 36.5 Å². The number of ether oxygens (including phenoxy) is 2. The maximum Gasteiger partial charge on any atom is 0.0952 e. The summed E-state index contributed by atoms with van der Waals surface area (Å²) in [5, 5.41) is 0. The molecule has 3 atom stereocenters. The lowest BCUT2D eigenvalue weighted by Crippen LogP contribution is -2.26. The number of hydrogen-bond donors (Lipinski definition) is 1. The van der Waals surface area contributed by atoms with Gasteiger partial charge in [-0.15, -0.1) is 0 Å². The van der Waals surface area contributed by atoms with Crippen LogP contribution in [-0.2, 0) is 9.47 Å². The van der Waals surface area contributed by atoms with Crippen molar-refractivity contribution in [2.24, 2.45) is 11.7 Å². The molecule has 0 radical (unpaired) electrons. The predicted octanol–water partition coefficient (Wildman–Crippen LogP) is 1.91. The van der Waals surface area contributed by atoms with Crippen LogP contribution in [0.1, 0.15) is 44.0 Å². The average Bonchev–Trinajstić information content (AvgIpc) is 3.09. The van der Waals surface area contributed by atoms with Crippen LogP contribution >= 0.6 is 0 Å². The minimum Gasteiger partial charge on any atom is -0.383 e. The smallest absolute Gasteiger partial charge is 0.0952 e. The molecule has 1 saturated heterocycles. The first kappa shape index (κ1) is 14.5. The zero-order valence-corrected chi connectivity index (χ0v) is 11.9. The third kappa shape index (κ3) is 3.35. The molecule has 1 aliphatic rings. The van der Waals surface area contributed by atoms with E-state index in [1.807, 2.05) is 12.5 Å². The van der Waals surface area contributed by atoms with Crippen molar-refractivity contribution >= 4 is 0 Å². The van der Waals surface area contributed by atoms with Crippen molar-refractivity contribution < 1.29 is 9.47 Å². The molecule has 0 spiro atoms. The van der Waals surface area contributed by atoms with Crippen LogP contribution in [0.2, 0.25) is 0 Å². The molecule has 2 rings (SSSR count). The quantitative estimate of drug-likeness (QED) is 0.819. The third-order valence-electron chi connectivity index (χ3n) is 3.88. The Balaban J connectivity index is 2.14. The molecule has 5 nitrogen and oxygen atoms in total. The summed E-state index contributed by atoms with van der Waals surface area (Å²) in [5.74, 6) is 0.403. The second-order valence-electron chi connectivity index (χ2n) is 5.27. The lowest BCUT2D eigenvalue weighted by molar-refractivity contribution is 0.146. The van der Waals surface area contributed by atoms with Gasteiger partial charge in [0.2, 0.25) is 0 Å². The van der Waals surface area contributed by atoms with Crippen molar-refractivity contribution in [1.82, 2.24) is 9.55 Å². The largest absolute Gasteiger partial charge is 0.383 e. The number of imidazole rings is 1. The van der Waals surface area contributed by atoms with E-state index in [1.165, 1.54) is 0 Å². The fourth-order valence-electron chi connectivity index (χ4n) is 2.78. The maximum absolute atomic E-state index is 6.39. The molecule has 3 unspecified atom stereocenters. The summed E-state index contributed by atoms with van der Waals surface area (Å²) in [6.07, 6.45) is 7.00. The first-order chi connectivity index (χ1) is 9.27. The highest BCUT2D eigenvalue weighted by atomic mass is 16.5. The zero-order valence-electron chi connectivity index (χ0n) is 11.9. The number of hydrogen-bond acceptors (Lipinski definition) is 4. The van der Waals surface area contributed by atoms with E-state index in [2.05, 4.69) is 16.5 Å². The molecule has 2 N–H and O–H groups in total. The lowest BCUT2D eigenvalue weighted by Gasteiger charge is -2.24. The first-order valence-electron chi connectivity index (χ1n) is 7.11. The van der Waals surface area contributed by atoms with Crippen LogP contribution in [0, 0.1) is 5.92 Å².